The summed E-state index contributed by atoms with van der Waals surface area (Å²) in [5.74, 6) is 0.695. The summed E-state index contributed by atoms with van der Waals surface area (Å²) in [6, 6.07) is 0. The molecule has 1 aromatic rings. The number of nitrogens with zero attached hydrogens (tertiary/aromatic N) is 1. The fourth-order valence-corrected chi connectivity index (χ4v) is 3.94. The SMILES string of the molecule is C=C1Cc2sc3c(c2C(N)=N1)CCCC3. The van der Waals surface area contributed by atoms with Gasteiger partial charge in [0, 0.05) is 27.4 Å². The predicted molar refractivity (Wildman–Crippen MR) is 64.5 cm³/mol. The highest BCUT2D eigenvalue weighted by Gasteiger charge is 2.25. The summed E-state index contributed by atoms with van der Waals surface area (Å²) in [5.41, 5.74) is 9.64. The van der Waals surface area contributed by atoms with Gasteiger partial charge in [0.25, 0.3) is 0 Å². The summed E-state index contributed by atoms with van der Waals surface area (Å²) >= 11 is 1.92. The van der Waals surface area contributed by atoms with Crippen molar-refractivity contribution in [1.82, 2.24) is 0 Å². The summed E-state index contributed by atoms with van der Waals surface area (Å²) in [4.78, 5) is 7.24. The molecular weight excluding hydrogens is 204 g/mol. The molecule has 0 spiro atoms. The first-order chi connectivity index (χ1) is 7.25. The zero-order chi connectivity index (χ0) is 10.4. The van der Waals surface area contributed by atoms with Crippen molar-refractivity contribution in [2.24, 2.45) is 10.7 Å². The Morgan fingerprint density at radius 2 is 2.00 bits per heavy atom. The molecule has 0 unspecified atom stereocenters. The molecule has 0 aromatic carbocycles. The Morgan fingerprint density at radius 3 is 2.87 bits per heavy atom. The minimum atomic E-state index is 0.695. The van der Waals surface area contributed by atoms with Gasteiger partial charge >= 0.3 is 0 Å². The first-order valence-corrected chi connectivity index (χ1v) is 6.23. The van der Waals surface area contributed by atoms with Crippen molar-refractivity contribution < 1.29 is 0 Å². The standard InChI is InChI=1S/C12H14N2S/c1-7-6-10-11(12(13)14-7)8-4-2-3-5-9(8)15-10/h1-6H2,(H2,13,14). The average molecular weight is 218 g/mol. The summed E-state index contributed by atoms with van der Waals surface area (Å²) < 4.78 is 0. The number of aliphatic imine (C=N–C) groups is 1. The quantitative estimate of drug-likeness (QED) is 0.713. The maximum atomic E-state index is 6.00. The first kappa shape index (κ1) is 9.16. The molecule has 1 aliphatic heterocycles. The molecule has 0 amide bonds. The fourth-order valence-electron chi connectivity index (χ4n) is 2.50. The highest BCUT2D eigenvalue weighted by atomic mass is 32.1. The van der Waals surface area contributed by atoms with Crippen molar-refractivity contribution in [3.05, 3.63) is 33.2 Å². The van der Waals surface area contributed by atoms with Crippen LogP contribution in [-0.4, -0.2) is 5.84 Å². The molecule has 2 heterocycles. The number of hydrogen-bond acceptors (Lipinski definition) is 3. The van der Waals surface area contributed by atoms with Gasteiger partial charge in [-0.1, -0.05) is 6.58 Å². The van der Waals surface area contributed by atoms with Crippen LogP contribution in [0.25, 0.3) is 0 Å². The fraction of sp³-hybridized carbons (Fsp3) is 0.417. The van der Waals surface area contributed by atoms with Crippen LogP contribution >= 0.6 is 11.3 Å². The lowest BCUT2D eigenvalue weighted by Crippen LogP contribution is -2.20. The van der Waals surface area contributed by atoms with Crippen LogP contribution in [0.3, 0.4) is 0 Å². The third-order valence-corrected chi connectivity index (χ3v) is 4.44. The minimum Gasteiger partial charge on any atom is -0.383 e. The van der Waals surface area contributed by atoms with Gasteiger partial charge in [-0.3, -0.25) is 0 Å². The summed E-state index contributed by atoms with van der Waals surface area (Å²) in [5, 5.41) is 0. The Hall–Kier alpha value is -1.09. The molecule has 2 aliphatic rings. The molecule has 15 heavy (non-hydrogen) atoms. The zero-order valence-electron chi connectivity index (χ0n) is 8.68. The second kappa shape index (κ2) is 3.20. The number of aryl methyl sites for hydroxylation is 1. The Labute approximate surface area is 93.5 Å². The van der Waals surface area contributed by atoms with Crippen LogP contribution in [-0.2, 0) is 19.3 Å². The van der Waals surface area contributed by atoms with Crippen LogP contribution in [0.5, 0.6) is 0 Å². The maximum absolute atomic E-state index is 6.00. The van der Waals surface area contributed by atoms with E-state index in [1.807, 2.05) is 11.3 Å². The molecule has 0 radical (unpaired) electrons. The van der Waals surface area contributed by atoms with Gasteiger partial charge in [-0.15, -0.1) is 11.3 Å². The normalized spacial score (nSPS) is 19.5. The molecule has 78 valence electrons. The lowest BCUT2D eigenvalue weighted by Gasteiger charge is -2.15. The molecular formula is C12H14N2S. The number of amidine groups is 1. The van der Waals surface area contributed by atoms with Crippen molar-refractivity contribution in [2.45, 2.75) is 32.1 Å². The Morgan fingerprint density at radius 1 is 1.20 bits per heavy atom. The van der Waals surface area contributed by atoms with Crippen LogP contribution < -0.4 is 5.73 Å². The highest BCUT2D eigenvalue weighted by molar-refractivity contribution is 7.12. The van der Waals surface area contributed by atoms with Gasteiger partial charge in [0.05, 0.1) is 0 Å². The summed E-state index contributed by atoms with van der Waals surface area (Å²) in [6.45, 7) is 3.91. The van der Waals surface area contributed by atoms with Gasteiger partial charge in [0.2, 0.25) is 0 Å². The van der Waals surface area contributed by atoms with Crippen molar-refractivity contribution in [1.29, 1.82) is 0 Å². The largest absolute Gasteiger partial charge is 0.383 e. The topological polar surface area (TPSA) is 38.4 Å². The number of fused-ring (bicyclic) bond motifs is 3. The molecule has 0 saturated carbocycles. The van der Waals surface area contributed by atoms with E-state index in [1.54, 1.807) is 4.88 Å². The van der Waals surface area contributed by atoms with E-state index < -0.39 is 0 Å². The molecule has 0 atom stereocenters. The van der Waals surface area contributed by atoms with Gasteiger partial charge in [-0.05, 0) is 31.2 Å². The van der Waals surface area contributed by atoms with Crippen molar-refractivity contribution >= 4 is 17.2 Å². The molecule has 1 aliphatic carbocycles. The van der Waals surface area contributed by atoms with Crippen LogP contribution in [0.4, 0.5) is 0 Å². The highest BCUT2D eigenvalue weighted by Crippen LogP contribution is 2.37. The van der Waals surface area contributed by atoms with E-state index in [4.69, 9.17) is 5.73 Å². The minimum absolute atomic E-state index is 0.695. The predicted octanol–water partition coefficient (Wildman–Crippen LogP) is 2.40. The molecule has 0 fully saturated rings. The Balaban J connectivity index is 2.19. The second-order valence-corrected chi connectivity index (χ2v) is 5.44. The molecule has 1 aromatic heterocycles. The molecule has 2 N–H and O–H groups in total. The molecule has 0 bridgehead atoms. The number of rotatable bonds is 0. The lowest BCUT2D eigenvalue weighted by molar-refractivity contribution is 0.696. The Bertz CT molecular complexity index is 468. The van der Waals surface area contributed by atoms with Gasteiger partial charge in [-0.25, -0.2) is 4.99 Å². The summed E-state index contributed by atoms with van der Waals surface area (Å²) in [7, 11) is 0. The first-order valence-electron chi connectivity index (χ1n) is 5.41. The number of allylic oxidation sites excluding steroid dienone is 1. The smallest absolute Gasteiger partial charge is 0.132 e. The number of hydrogen-bond donors (Lipinski definition) is 1. The third-order valence-electron chi connectivity index (χ3n) is 3.14. The van der Waals surface area contributed by atoms with Crippen molar-refractivity contribution in [2.75, 3.05) is 0 Å². The van der Waals surface area contributed by atoms with Gasteiger partial charge in [0.15, 0.2) is 0 Å². The molecule has 0 saturated heterocycles. The third kappa shape index (κ3) is 1.34. The molecule has 2 nitrogen and oxygen atoms in total. The monoisotopic (exact) mass is 218 g/mol. The lowest BCUT2D eigenvalue weighted by atomic mass is 9.93. The van der Waals surface area contributed by atoms with E-state index in [0.717, 1.165) is 12.1 Å². The van der Waals surface area contributed by atoms with E-state index in [9.17, 15) is 0 Å². The van der Waals surface area contributed by atoms with Crippen molar-refractivity contribution in [3.63, 3.8) is 0 Å². The number of nitrogens with two attached hydrogens (primary N) is 1. The Kier molecular flexibility index (Phi) is 1.96. The van der Waals surface area contributed by atoms with E-state index in [1.165, 1.54) is 41.7 Å². The van der Waals surface area contributed by atoms with E-state index in [-0.39, 0.29) is 0 Å². The van der Waals surface area contributed by atoms with E-state index >= 15 is 0 Å². The second-order valence-electron chi connectivity index (χ2n) is 4.25. The zero-order valence-corrected chi connectivity index (χ0v) is 9.49. The van der Waals surface area contributed by atoms with E-state index in [2.05, 4.69) is 11.6 Å². The van der Waals surface area contributed by atoms with Crippen LogP contribution in [0.2, 0.25) is 0 Å². The van der Waals surface area contributed by atoms with Crippen LogP contribution in [0.15, 0.2) is 17.3 Å². The van der Waals surface area contributed by atoms with Gasteiger partial charge < -0.3 is 5.73 Å². The molecule has 3 heteroatoms. The number of thiophene rings is 1. The average Bonchev–Trinajstić information content (AvgIpc) is 2.54. The maximum Gasteiger partial charge on any atom is 0.132 e. The van der Waals surface area contributed by atoms with Gasteiger partial charge in [-0.2, -0.15) is 0 Å². The van der Waals surface area contributed by atoms with Crippen molar-refractivity contribution in [3.8, 4) is 0 Å². The van der Waals surface area contributed by atoms with Crippen LogP contribution in [0.1, 0.15) is 33.7 Å². The molecule has 3 rings (SSSR count). The van der Waals surface area contributed by atoms with E-state index in [0.29, 0.717) is 5.84 Å². The van der Waals surface area contributed by atoms with Gasteiger partial charge in [0.1, 0.15) is 5.84 Å². The summed E-state index contributed by atoms with van der Waals surface area (Å²) in [6.07, 6.45) is 5.93. The van der Waals surface area contributed by atoms with Crippen LogP contribution in [0, 0.1) is 0 Å².